The van der Waals surface area contributed by atoms with Crippen molar-refractivity contribution in [2.45, 2.75) is 46.1 Å². The fraction of sp³-hybridized carbons (Fsp3) is 0.533. The Morgan fingerprint density at radius 1 is 1.28 bits per heavy atom. The monoisotopic (exact) mass is 248 g/mol. The van der Waals surface area contributed by atoms with Crippen LogP contribution in [0.15, 0.2) is 18.2 Å². The van der Waals surface area contributed by atoms with Gasteiger partial charge in [-0.2, -0.15) is 0 Å². The average molecular weight is 248 g/mol. The van der Waals surface area contributed by atoms with Crippen molar-refractivity contribution >= 4 is 5.91 Å². The number of nitrogens with two attached hydrogens (primary N) is 1. The quantitative estimate of drug-likeness (QED) is 0.841. The molecule has 1 amide bonds. The second-order valence-electron chi connectivity index (χ2n) is 5.07. The lowest BCUT2D eigenvalue weighted by atomic mass is 9.94. The van der Waals surface area contributed by atoms with E-state index >= 15 is 0 Å². The highest BCUT2D eigenvalue weighted by Crippen LogP contribution is 2.12. The highest BCUT2D eigenvalue weighted by atomic mass is 16.1. The molecule has 1 aromatic carbocycles. The first kappa shape index (κ1) is 14.7. The summed E-state index contributed by atoms with van der Waals surface area (Å²) in [6.07, 6.45) is 1.72. The molecule has 100 valence electrons. The summed E-state index contributed by atoms with van der Waals surface area (Å²) in [6.45, 7) is 8.55. The van der Waals surface area contributed by atoms with Crippen LogP contribution in [0.25, 0.3) is 0 Å². The minimum absolute atomic E-state index is 0.0343. The predicted octanol–water partition coefficient (Wildman–Crippen LogP) is 2.55. The zero-order chi connectivity index (χ0) is 13.8. The lowest BCUT2D eigenvalue weighted by Gasteiger charge is -2.27. The number of carbonyl (C=O) groups is 1. The van der Waals surface area contributed by atoms with E-state index in [1.54, 1.807) is 0 Å². The van der Waals surface area contributed by atoms with Gasteiger partial charge in [0.25, 0.3) is 5.91 Å². The normalized spacial score (nSPS) is 11.4. The molecule has 18 heavy (non-hydrogen) atoms. The first-order valence-electron chi connectivity index (χ1n) is 6.56. The van der Waals surface area contributed by atoms with Gasteiger partial charge in [0.1, 0.15) is 0 Å². The molecule has 0 bridgehead atoms. The molecule has 3 N–H and O–H groups in total. The van der Waals surface area contributed by atoms with Crippen LogP contribution >= 0.6 is 0 Å². The van der Waals surface area contributed by atoms with Crippen molar-refractivity contribution < 1.29 is 4.79 Å². The van der Waals surface area contributed by atoms with Crippen LogP contribution in [-0.2, 0) is 0 Å². The van der Waals surface area contributed by atoms with Crippen molar-refractivity contribution in [2.75, 3.05) is 6.54 Å². The van der Waals surface area contributed by atoms with E-state index in [-0.39, 0.29) is 11.4 Å². The summed E-state index contributed by atoms with van der Waals surface area (Å²) in [5.41, 5.74) is 8.71. The van der Waals surface area contributed by atoms with Crippen LogP contribution in [0.2, 0.25) is 0 Å². The maximum absolute atomic E-state index is 12.1. The lowest BCUT2D eigenvalue weighted by Crippen LogP contribution is -2.49. The van der Waals surface area contributed by atoms with E-state index in [4.69, 9.17) is 5.73 Å². The minimum Gasteiger partial charge on any atom is -0.350 e. The zero-order valence-electron chi connectivity index (χ0n) is 11.8. The van der Waals surface area contributed by atoms with Crippen LogP contribution in [0, 0.1) is 13.8 Å². The summed E-state index contributed by atoms with van der Waals surface area (Å²) >= 11 is 0. The van der Waals surface area contributed by atoms with Gasteiger partial charge in [0, 0.05) is 17.6 Å². The molecule has 0 atom stereocenters. The number of amides is 1. The molecule has 0 spiro atoms. The zero-order valence-corrected chi connectivity index (χ0v) is 11.8. The van der Waals surface area contributed by atoms with E-state index in [1.807, 2.05) is 45.9 Å². The second kappa shape index (κ2) is 6.01. The van der Waals surface area contributed by atoms with Crippen molar-refractivity contribution in [2.24, 2.45) is 5.73 Å². The molecule has 0 aliphatic rings. The number of hydrogen-bond donors (Lipinski definition) is 2. The third-order valence-corrected chi connectivity index (χ3v) is 3.65. The van der Waals surface area contributed by atoms with Gasteiger partial charge in [0.05, 0.1) is 0 Å². The Hall–Kier alpha value is -1.35. The van der Waals surface area contributed by atoms with Gasteiger partial charge in [-0.1, -0.05) is 31.5 Å². The van der Waals surface area contributed by atoms with Gasteiger partial charge in [-0.25, -0.2) is 0 Å². The summed E-state index contributed by atoms with van der Waals surface area (Å²) in [5, 5.41) is 2.95. The first-order valence-corrected chi connectivity index (χ1v) is 6.56. The predicted molar refractivity (Wildman–Crippen MR) is 75.7 cm³/mol. The maximum atomic E-state index is 12.1. The number of carbonyl (C=O) groups excluding carboxylic acids is 1. The summed E-state index contributed by atoms with van der Waals surface area (Å²) in [5.74, 6) is -0.0343. The summed E-state index contributed by atoms with van der Waals surface area (Å²) < 4.78 is 0. The SMILES string of the molecule is CCC(N)(CC)CNC(=O)c1cc(C)ccc1C. The molecule has 0 radical (unpaired) electrons. The summed E-state index contributed by atoms with van der Waals surface area (Å²) in [6, 6.07) is 5.90. The molecule has 3 heteroatoms. The van der Waals surface area contributed by atoms with Crippen LogP contribution in [0.1, 0.15) is 48.2 Å². The maximum Gasteiger partial charge on any atom is 0.251 e. The summed E-state index contributed by atoms with van der Waals surface area (Å²) in [7, 11) is 0. The van der Waals surface area contributed by atoms with Crippen molar-refractivity contribution in [3.8, 4) is 0 Å². The fourth-order valence-electron chi connectivity index (χ4n) is 1.83. The molecular formula is C15H24N2O. The molecule has 0 heterocycles. The molecule has 0 fully saturated rings. The Labute approximate surface area is 110 Å². The molecule has 0 saturated carbocycles. The number of benzene rings is 1. The molecule has 3 nitrogen and oxygen atoms in total. The van der Waals surface area contributed by atoms with E-state index in [0.717, 1.165) is 29.5 Å². The van der Waals surface area contributed by atoms with E-state index in [1.165, 1.54) is 0 Å². The van der Waals surface area contributed by atoms with Crippen molar-refractivity contribution in [1.29, 1.82) is 0 Å². The third-order valence-electron chi connectivity index (χ3n) is 3.65. The van der Waals surface area contributed by atoms with Crippen LogP contribution in [0.4, 0.5) is 0 Å². The van der Waals surface area contributed by atoms with Crippen LogP contribution in [-0.4, -0.2) is 18.0 Å². The molecule has 0 aromatic heterocycles. The highest BCUT2D eigenvalue weighted by Gasteiger charge is 2.21. The number of rotatable bonds is 5. The molecule has 0 saturated heterocycles. The minimum atomic E-state index is -0.298. The van der Waals surface area contributed by atoms with Crippen molar-refractivity contribution in [1.82, 2.24) is 5.32 Å². The smallest absolute Gasteiger partial charge is 0.251 e. The molecule has 1 aromatic rings. The van der Waals surface area contributed by atoms with Gasteiger partial charge >= 0.3 is 0 Å². The Morgan fingerprint density at radius 3 is 2.44 bits per heavy atom. The number of nitrogens with one attached hydrogen (secondary N) is 1. The van der Waals surface area contributed by atoms with Crippen molar-refractivity contribution in [3.05, 3.63) is 34.9 Å². The first-order chi connectivity index (χ1) is 8.41. The Balaban J connectivity index is 2.74. The summed E-state index contributed by atoms with van der Waals surface area (Å²) in [4.78, 5) is 12.1. The highest BCUT2D eigenvalue weighted by molar-refractivity contribution is 5.95. The standard InChI is InChI=1S/C15H24N2O/c1-5-15(16,6-2)10-17-14(18)13-9-11(3)7-8-12(13)4/h7-9H,5-6,10,16H2,1-4H3,(H,17,18). The van der Waals surface area contributed by atoms with Gasteiger partial charge in [0.2, 0.25) is 0 Å². The molecule has 0 aliphatic heterocycles. The third kappa shape index (κ3) is 3.57. The Kier molecular flexibility index (Phi) is 4.91. The fourth-order valence-corrected chi connectivity index (χ4v) is 1.83. The lowest BCUT2D eigenvalue weighted by molar-refractivity contribution is 0.0941. The molecular weight excluding hydrogens is 224 g/mol. The van der Waals surface area contributed by atoms with Gasteiger partial charge < -0.3 is 11.1 Å². The van der Waals surface area contributed by atoms with E-state index < -0.39 is 0 Å². The van der Waals surface area contributed by atoms with Crippen LogP contribution in [0.5, 0.6) is 0 Å². The van der Waals surface area contributed by atoms with E-state index in [0.29, 0.717) is 6.54 Å². The molecule has 1 rings (SSSR count). The Morgan fingerprint density at radius 2 is 1.89 bits per heavy atom. The number of aryl methyl sites for hydroxylation is 2. The largest absolute Gasteiger partial charge is 0.350 e. The van der Waals surface area contributed by atoms with Gasteiger partial charge in [-0.05, 0) is 38.3 Å². The molecule has 0 unspecified atom stereocenters. The van der Waals surface area contributed by atoms with Gasteiger partial charge in [-0.3, -0.25) is 4.79 Å². The van der Waals surface area contributed by atoms with Gasteiger partial charge in [-0.15, -0.1) is 0 Å². The number of hydrogen-bond acceptors (Lipinski definition) is 2. The van der Waals surface area contributed by atoms with E-state index in [2.05, 4.69) is 5.32 Å². The average Bonchev–Trinajstić information content (AvgIpc) is 2.38. The van der Waals surface area contributed by atoms with Gasteiger partial charge in [0.15, 0.2) is 0 Å². The van der Waals surface area contributed by atoms with Crippen LogP contribution < -0.4 is 11.1 Å². The second-order valence-corrected chi connectivity index (χ2v) is 5.07. The van der Waals surface area contributed by atoms with Crippen molar-refractivity contribution in [3.63, 3.8) is 0 Å². The van der Waals surface area contributed by atoms with Crippen LogP contribution in [0.3, 0.4) is 0 Å². The molecule has 0 aliphatic carbocycles. The van der Waals surface area contributed by atoms with E-state index in [9.17, 15) is 4.79 Å². The topological polar surface area (TPSA) is 55.1 Å². The Bertz CT molecular complexity index is 423.